The highest BCUT2D eigenvalue weighted by Crippen LogP contribution is 2.27. The van der Waals surface area contributed by atoms with Gasteiger partial charge in [-0.1, -0.05) is 30.3 Å². The van der Waals surface area contributed by atoms with Crippen LogP contribution < -0.4 is 5.32 Å². The summed E-state index contributed by atoms with van der Waals surface area (Å²) in [5, 5.41) is 3.46. The molecule has 1 aromatic heterocycles. The van der Waals surface area contributed by atoms with Crippen LogP contribution >= 0.6 is 0 Å². The summed E-state index contributed by atoms with van der Waals surface area (Å²) < 4.78 is 5.60. The number of guanidine groups is 1. The number of likely N-dealkylation sites (tertiary alicyclic amines) is 1. The van der Waals surface area contributed by atoms with Gasteiger partial charge in [0.05, 0.1) is 18.8 Å². The normalized spacial score (nSPS) is 19.2. The number of hydrogen-bond acceptors (Lipinski definition) is 3. The Labute approximate surface area is 156 Å². The van der Waals surface area contributed by atoms with E-state index in [1.165, 1.54) is 12.0 Å². The molecule has 1 saturated heterocycles. The molecule has 0 amide bonds. The first-order chi connectivity index (χ1) is 12.7. The Morgan fingerprint density at radius 2 is 2.08 bits per heavy atom. The predicted octanol–water partition coefficient (Wildman–Crippen LogP) is 3.34. The van der Waals surface area contributed by atoms with E-state index in [2.05, 4.69) is 66.5 Å². The van der Waals surface area contributed by atoms with Crippen molar-refractivity contribution in [3.8, 4) is 0 Å². The fourth-order valence-electron chi connectivity index (χ4n) is 3.54. The standard InChI is InChI=1S/C21H30N4O/c1-4-22-21(23-15-19(24(2)3)20-11-8-14-26-20)25-13-12-18(16-25)17-9-6-5-7-10-17/h5-11,14,18-19H,4,12-13,15-16H2,1-3H3,(H,22,23). The molecule has 0 aliphatic carbocycles. The number of benzene rings is 1. The van der Waals surface area contributed by atoms with Crippen molar-refractivity contribution in [2.24, 2.45) is 4.99 Å². The summed E-state index contributed by atoms with van der Waals surface area (Å²) in [5.74, 6) is 2.54. The highest BCUT2D eigenvalue weighted by Gasteiger charge is 2.26. The maximum absolute atomic E-state index is 5.60. The molecule has 3 rings (SSSR count). The average Bonchev–Trinajstić information content (AvgIpc) is 3.34. The van der Waals surface area contributed by atoms with Crippen molar-refractivity contribution in [1.82, 2.24) is 15.1 Å². The first-order valence-corrected chi connectivity index (χ1v) is 9.47. The summed E-state index contributed by atoms with van der Waals surface area (Å²) in [4.78, 5) is 9.47. The molecule has 2 aromatic rings. The zero-order chi connectivity index (χ0) is 18.4. The highest BCUT2D eigenvalue weighted by atomic mass is 16.3. The molecule has 1 aliphatic rings. The number of rotatable bonds is 6. The Balaban J connectivity index is 1.69. The van der Waals surface area contributed by atoms with Crippen LogP contribution in [0, 0.1) is 0 Å². The van der Waals surface area contributed by atoms with Crippen LogP contribution in [-0.4, -0.2) is 56.0 Å². The maximum atomic E-state index is 5.60. The molecule has 2 atom stereocenters. The minimum Gasteiger partial charge on any atom is -0.468 e. The van der Waals surface area contributed by atoms with Gasteiger partial charge in [0.2, 0.25) is 0 Å². The molecule has 0 radical (unpaired) electrons. The lowest BCUT2D eigenvalue weighted by atomic mass is 9.99. The van der Waals surface area contributed by atoms with Crippen LogP contribution in [0.25, 0.3) is 0 Å². The molecule has 140 valence electrons. The van der Waals surface area contributed by atoms with Gasteiger partial charge in [0.15, 0.2) is 5.96 Å². The van der Waals surface area contributed by atoms with Crippen molar-refractivity contribution in [1.29, 1.82) is 0 Å². The summed E-state index contributed by atoms with van der Waals surface area (Å²) in [6.07, 6.45) is 2.90. The van der Waals surface area contributed by atoms with E-state index in [1.807, 2.05) is 12.1 Å². The third-order valence-corrected chi connectivity index (χ3v) is 5.00. The minimum atomic E-state index is 0.145. The first-order valence-electron chi connectivity index (χ1n) is 9.47. The zero-order valence-corrected chi connectivity index (χ0v) is 16.1. The molecule has 0 saturated carbocycles. The number of nitrogens with one attached hydrogen (secondary N) is 1. The SMILES string of the molecule is CCNC(=NCC(c1ccco1)N(C)C)N1CCC(c2ccccc2)C1. The van der Waals surface area contributed by atoms with Crippen LogP contribution in [-0.2, 0) is 0 Å². The summed E-state index contributed by atoms with van der Waals surface area (Å²) in [5.41, 5.74) is 1.42. The molecular weight excluding hydrogens is 324 g/mol. The monoisotopic (exact) mass is 354 g/mol. The second-order valence-corrected chi connectivity index (χ2v) is 7.03. The van der Waals surface area contributed by atoms with Crippen molar-refractivity contribution in [3.63, 3.8) is 0 Å². The van der Waals surface area contributed by atoms with Crippen LogP contribution in [0.2, 0.25) is 0 Å². The molecule has 5 nitrogen and oxygen atoms in total. The van der Waals surface area contributed by atoms with Crippen molar-refractivity contribution < 1.29 is 4.42 Å². The van der Waals surface area contributed by atoms with E-state index in [1.54, 1.807) is 6.26 Å². The number of furan rings is 1. The van der Waals surface area contributed by atoms with Crippen LogP contribution in [0.3, 0.4) is 0 Å². The third kappa shape index (κ3) is 4.47. The van der Waals surface area contributed by atoms with Gasteiger partial charge in [0.1, 0.15) is 5.76 Å². The largest absolute Gasteiger partial charge is 0.468 e. The second-order valence-electron chi connectivity index (χ2n) is 7.03. The third-order valence-electron chi connectivity index (χ3n) is 5.00. The second kappa shape index (κ2) is 8.90. The molecule has 0 bridgehead atoms. The molecule has 26 heavy (non-hydrogen) atoms. The van der Waals surface area contributed by atoms with E-state index in [-0.39, 0.29) is 6.04 Å². The number of likely N-dealkylation sites (N-methyl/N-ethyl adjacent to an activating group) is 1. The van der Waals surface area contributed by atoms with Gasteiger partial charge in [0, 0.05) is 25.6 Å². The first kappa shape index (κ1) is 18.5. The lowest BCUT2D eigenvalue weighted by Gasteiger charge is -2.24. The van der Waals surface area contributed by atoms with Gasteiger partial charge in [-0.15, -0.1) is 0 Å². The lowest BCUT2D eigenvalue weighted by molar-refractivity contribution is 0.264. The molecule has 1 N–H and O–H groups in total. The number of aliphatic imine (C=N–C) groups is 1. The zero-order valence-electron chi connectivity index (χ0n) is 16.1. The summed E-state index contributed by atoms with van der Waals surface area (Å²) in [6.45, 7) is 5.73. The van der Waals surface area contributed by atoms with Gasteiger partial charge in [-0.05, 0) is 45.1 Å². The quantitative estimate of drug-likeness (QED) is 0.638. The Morgan fingerprint density at radius 3 is 2.73 bits per heavy atom. The van der Waals surface area contributed by atoms with Gasteiger partial charge in [-0.3, -0.25) is 9.89 Å². The van der Waals surface area contributed by atoms with E-state index >= 15 is 0 Å². The summed E-state index contributed by atoms with van der Waals surface area (Å²) in [6, 6.07) is 14.9. The van der Waals surface area contributed by atoms with Gasteiger partial charge >= 0.3 is 0 Å². The number of nitrogens with zero attached hydrogens (tertiary/aromatic N) is 3. The van der Waals surface area contributed by atoms with Crippen molar-refractivity contribution >= 4 is 5.96 Å². The average molecular weight is 354 g/mol. The van der Waals surface area contributed by atoms with Gasteiger partial charge < -0.3 is 14.6 Å². The Hall–Kier alpha value is -2.27. The van der Waals surface area contributed by atoms with E-state index < -0.39 is 0 Å². The Kier molecular flexibility index (Phi) is 6.34. The van der Waals surface area contributed by atoms with Gasteiger partial charge in [-0.25, -0.2) is 0 Å². The molecule has 1 aliphatic heterocycles. The number of hydrogen-bond donors (Lipinski definition) is 1. The van der Waals surface area contributed by atoms with E-state index in [0.717, 1.165) is 31.4 Å². The minimum absolute atomic E-state index is 0.145. The van der Waals surface area contributed by atoms with Crippen LogP contribution in [0.1, 0.15) is 36.6 Å². The van der Waals surface area contributed by atoms with E-state index in [9.17, 15) is 0 Å². The molecule has 5 heteroatoms. The molecular formula is C21H30N4O. The van der Waals surface area contributed by atoms with Crippen LogP contribution in [0.15, 0.2) is 58.1 Å². The fraction of sp³-hybridized carbons (Fsp3) is 0.476. The van der Waals surface area contributed by atoms with Crippen LogP contribution in [0.5, 0.6) is 0 Å². The molecule has 0 spiro atoms. The maximum Gasteiger partial charge on any atom is 0.194 e. The van der Waals surface area contributed by atoms with E-state index in [4.69, 9.17) is 9.41 Å². The smallest absolute Gasteiger partial charge is 0.194 e. The molecule has 1 aromatic carbocycles. The summed E-state index contributed by atoms with van der Waals surface area (Å²) in [7, 11) is 4.13. The van der Waals surface area contributed by atoms with Gasteiger partial charge in [-0.2, -0.15) is 0 Å². The molecule has 2 unspecified atom stereocenters. The predicted molar refractivity (Wildman–Crippen MR) is 106 cm³/mol. The van der Waals surface area contributed by atoms with Crippen molar-refractivity contribution in [2.75, 3.05) is 40.3 Å². The fourth-order valence-corrected chi connectivity index (χ4v) is 3.54. The van der Waals surface area contributed by atoms with Crippen LogP contribution in [0.4, 0.5) is 0 Å². The molecule has 1 fully saturated rings. The van der Waals surface area contributed by atoms with E-state index in [0.29, 0.717) is 12.5 Å². The van der Waals surface area contributed by atoms with Gasteiger partial charge in [0.25, 0.3) is 0 Å². The summed E-state index contributed by atoms with van der Waals surface area (Å²) >= 11 is 0. The van der Waals surface area contributed by atoms with Crippen molar-refractivity contribution in [2.45, 2.75) is 25.3 Å². The Morgan fingerprint density at radius 1 is 1.27 bits per heavy atom. The molecule has 2 heterocycles. The Bertz CT molecular complexity index is 681. The van der Waals surface area contributed by atoms with Crippen molar-refractivity contribution in [3.05, 3.63) is 60.1 Å². The topological polar surface area (TPSA) is 44.0 Å². The lowest BCUT2D eigenvalue weighted by Crippen LogP contribution is -2.40. The highest BCUT2D eigenvalue weighted by molar-refractivity contribution is 5.80.